The van der Waals surface area contributed by atoms with Gasteiger partial charge in [0.1, 0.15) is 0 Å². The molecule has 1 heteroatoms. The zero-order valence-corrected chi connectivity index (χ0v) is 10.9. The minimum atomic E-state index is 0.227. The van der Waals surface area contributed by atoms with Gasteiger partial charge in [0.05, 0.1) is 0 Å². The molecule has 1 saturated carbocycles. The molecule has 2 aromatic carbocycles. The van der Waals surface area contributed by atoms with Gasteiger partial charge >= 0.3 is 0 Å². The van der Waals surface area contributed by atoms with Crippen molar-refractivity contribution in [1.82, 2.24) is 0 Å². The fourth-order valence-corrected chi connectivity index (χ4v) is 2.92. The van der Waals surface area contributed by atoms with Gasteiger partial charge in [-0.1, -0.05) is 68.4 Å². The maximum Gasteiger partial charge on any atom is 0.0172 e. The van der Waals surface area contributed by atoms with Gasteiger partial charge in [0.2, 0.25) is 0 Å². The maximum atomic E-state index is 6.22. The third-order valence-electron chi connectivity index (χ3n) is 4.29. The van der Waals surface area contributed by atoms with Crippen molar-refractivity contribution in [3.05, 3.63) is 60.2 Å². The molecule has 0 bridgehead atoms. The van der Waals surface area contributed by atoms with Crippen LogP contribution < -0.4 is 5.73 Å². The van der Waals surface area contributed by atoms with Crippen molar-refractivity contribution < 1.29 is 0 Å². The number of benzene rings is 2. The Bertz CT molecular complexity index is 557. The molecule has 0 unspecified atom stereocenters. The van der Waals surface area contributed by atoms with E-state index in [-0.39, 0.29) is 11.5 Å². The Kier molecular flexibility index (Phi) is 2.53. The molecule has 1 nitrogen and oxygen atoms in total. The minimum absolute atomic E-state index is 0.227. The van der Waals surface area contributed by atoms with Crippen LogP contribution in [0.1, 0.15) is 25.3 Å². The maximum absolute atomic E-state index is 6.22. The van der Waals surface area contributed by atoms with Crippen LogP contribution in [-0.2, 0) is 0 Å². The van der Waals surface area contributed by atoms with E-state index in [1.165, 1.54) is 16.7 Å². The Morgan fingerprint density at radius 1 is 0.889 bits per heavy atom. The highest BCUT2D eigenvalue weighted by Gasteiger charge is 2.56. The van der Waals surface area contributed by atoms with E-state index in [0.717, 1.165) is 0 Å². The molecule has 0 aromatic heterocycles. The first kappa shape index (κ1) is 11.5. The van der Waals surface area contributed by atoms with Gasteiger partial charge in [0, 0.05) is 12.0 Å². The second-order valence-corrected chi connectivity index (χ2v) is 5.78. The van der Waals surface area contributed by atoms with Gasteiger partial charge in [-0.05, 0) is 22.1 Å². The Labute approximate surface area is 109 Å². The fraction of sp³-hybridized carbons (Fsp3) is 0.294. The normalized spacial score (nSPS) is 24.8. The second-order valence-electron chi connectivity index (χ2n) is 5.78. The summed E-state index contributed by atoms with van der Waals surface area (Å²) in [5, 5.41) is 0. The molecular weight excluding hydrogens is 218 g/mol. The summed E-state index contributed by atoms with van der Waals surface area (Å²) in [5.41, 5.74) is 10.4. The van der Waals surface area contributed by atoms with Crippen molar-refractivity contribution in [2.45, 2.75) is 25.8 Å². The van der Waals surface area contributed by atoms with Gasteiger partial charge in [-0.3, -0.25) is 0 Å². The Morgan fingerprint density at radius 3 is 2.06 bits per heavy atom. The highest BCUT2D eigenvalue weighted by molar-refractivity contribution is 5.69. The van der Waals surface area contributed by atoms with Gasteiger partial charge in [-0.2, -0.15) is 0 Å². The third-order valence-corrected chi connectivity index (χ3v) is 4.29. The van der Waals surface area contributed by atoms with Crippen LogP contribution in [0, 0.1) is 5.41 Å². The van der Waals surface area contributed by atoms with Gasteiger partial charge in [0.25, 0.3) is 0 Å². The first-order valence-electron chi connectivity index (χ1n) is 6.52. The molecule has 0 saturated heterocycles. The summed E-state index contributed by atoms with van der Waals surface area (Å²) in [6.45, 7) is 4.51. The topological polar surface area (TPSA) is 26.0 Å². The molecule has 2 aromatic rings. The van der Waals surface area contributed by atoms with E-state index in [4.69, 9.17) is 5.73 Å². The molecule has 0 spiro atoms. The monoisotopic (exact) mass is 237 g/mol. The standard InChI is InChI=1S/C17H19N/c1-17(2)15(16(17)18)14-11-7-6-10-13(14)12-8-4-3-5-9-12/h3-11,15-16H,18H2,1-2H3/t15-,16-/m1/s1. The van der Waals surface area contributed by atoms with Crippen LogP contribution in [0.25, 0.3) is 11.1 Å². The lowest BCUT2D eigenvalue weighted by atomic mass is 9.94. The first-order valence-corrected chi connectivity index (χ1v) is 6.52. The summed E-state index contributed by atoms with van der Waals surface area (Å²) in [5.74, 6) is 0.480. The van der Waals surface area contributed by atoms with Crippen LogP contribution in [0.4, 0.5) is 0 Å². The molecule has 2 N–H and O–H groups in total. The summed E-state index contributed by atoms with van der Waals surface area (Å²) in [7, 11) is 0. The largest absolute Gasteiger partial charge is 0.327 e. The predicted octanol–water partition coefficient (Wildman–Crippen LogP) is 3.80. The molecule has 0 radical (unpaired) electrons. The van der Waals surface area contributed by atoms with Crippen molar-refractivity contribution in [2.24, 2.45) is 11.1 Å². The second kappa shape index (κ2) is 3.96. The molecule has 3 rings (SSSR count). The average Bonchev–Trinajstić information content (AvgIpc) is 2.89. The Hall–Kier alpha value is -1.60. The number of hydrogen-bond donors (Lipinski definition) is 1. The van der Waals surface area contributed by atoms with Crippen LogP contribution in [0.2, 0.25) is 0 Å². The van der Waals surface area contributed by atoms with Crippen LogP contribution in [0.3, 0.4) is 0 Å². The summed E-state index contributed by atoms with van der Waals surface area (Å²) in [6, 6.07) is 19.5. The van der Waals surface area contributed by atoms with Gasteiger partial charge < -0.3 is 5.73 Å². The van der Waals surface area contributed by atoms with E-state index in [1.807, 2.05) is 0 Å². The molecule has 0 heterocycles. The number of rotatable bonds is 2. The quantitative estimate of drug-likeness (QED) is 0.844. The molecule has 1 aliphatic rings. The van der Waals surface area contributed by atoms with E-state index in [0.29, 0.717) is 5.92 Å². The molecular formula is C17H19N. The van der Waals surface area contributed by atoms with Crippen molar-refractivity contribution >= 4 is 0 Å². The van der Waals surface area contributed by atoms with E-state index in [9.17, 15) is 0 Å². The van der Waals surface area contributed by atoms with Gasteiger partial charge in [-0.25, -0.2) is 0 Å². The van der Waals surface area contributed by atoms with Gasteiger partial charge in [-0.15, -0.1) is 0 Å². The molecule has 1 fully saturated rings. The van der Waals surface area contributed by atoms with Crippen molar-refractivity contribution in [1.29, 1.82) is 0 Å². The lowest BCUT2D eigenvalue weighted by Crippen LogP contribution is -2.06. The molecule has 18 heavy (non-hydrogen) atoms. The highest BCUT2D eigenvalue weighted by atomic mass is 14.8. The van der Waals surface area contributed by atoms with E-state index >= 15 is 0 Å². The van der Waals surface area contributed by atoms with Crippen LogP contribution >= 0.6 is 0 Å². The Balaban J connectivity index is 2.08. The minimum Gasteiger partial charge on any atom is -0.327 e. The molecule has 92 valence electrons. The average molecular weight is 237 g/mol. The SMILES string of the molecule is CC1(C)[C@H](N)[C@H]1c1ccccc1-c1ccccc1. The predicted molar refractivity (Wildman–Crippen MR) is 76.4 cm³/mol. The first-order chi connectivity index (χ1) is 8.62. The molecule has 2 atom stereocenters. The van der Waals surface area contributed by atoms with Crippen LogP contribution in [0.5, 0.6) is 0 Å². The van der Waals surface area contributed by atoms with Crippen molar-refractivity contribution in [3.8, 4) is 11.1 Å². The van der Waals surface area contributed by atoms with E-state index < -0.39 is 0 Å². The third kappa shape index (κ3) is 1.67. The Morgan fingerprint density at radius 2 is 1.44 bits per heavy atom. The zero-order valence-electron chi connectivity index (χ0n) is 10.9. The number of hydrogen-bond acceptors (Lipinski definition) is 1. The van der Waals surface area contributed by atoms with E-state index in [2.05, 4.69) is 68.4 Å². The summed E-state index contributed by atoms with van der Waals surface area (Å²) in [6.07, 6.45) is 0. The van der Waals surface area contributed by atoms with Crippen molar-refractivity contribution in [2.75, 3.05) is 0 Å². The van der Waals surface area contributed by atoms with Crippen molar-refractivity contribution in [3.63, 3.8) is 0 Å². The molecule has 1 aliphatic carbocycles. The van der Waals surface area contributed by atoms with E-state index in [1.54, 1.807) is 0 Å². The summed E-state index contributed by atoms with van der Waals surface area (Å²) < 4.78 is 0. The fourth-order valence-electron chi connectivity index (χ4n) is 2.92. The van der Waals surface area contributed by atoms with Crippen LogP contribution in [-0.4, -0.2) is 6.04 Å². The highest BCUT2D eigenvalue weighted by Crippen LogP contribution is 2.58. The lowest BCUT2D eigenvalue weighted by Gasteiger charge is -2.10. The molecule has 0 amide bonds. The zero-order chi connectivity index (χ0) is 12.8. The smallest absolute Gasteiger partial charge is 0.0172 e. The summed E-state index contributed by atoms with van der Waals surface area (Å²) >= 11 is 0. The summed E-state index contributed by atoms with van der Waals surface area (Å²) in [4.78, 5) is 0. The molecule has 0 aliphatic heterocycles. The number of nitrogens with two attached hydrogens (primary N) is 1. The van der Waals surface area contributed by atoms with Crippen LogP contribution in [0.15, 0.2) is 54.6 Å². The van der Waals surface area contributed by atoms with Gasteiger partial charge in [0.15, 0.2) is 0 Å². The lowest BCUT2D eigenvalue weighted by molar-refractivity contribution is 0.599.